The zero-order chi connectivity index (χ0) is 15.5. The molecule has 0 aliphatic heterocycles. The lowest BCUT2D eigenvalue weighted by Crippen LogP contribution is -2.23. The first-order chi connectivity index (χ1) is 9.92. The molecule has 0 radical (unpaired) electrons. The summed E-state index contributed by atoms with van der Waals surface area (Å²) in [6, 6.07) is 9.02. The number of nitrogens with one attached hydrogen (secondary N) is 2. The van der Waals surface area contributed by atoms with Gasteiger partial charge in [0.2, 0.25) is 10.0 Å². The van der Waals surface area contributed by atoms with E-state index in [0.29, 0.717) is 6.54 Å². The number of sulfonamides is 1. The molecule has 2 N–H and O–H groups in total. The Morgan fingerprint density at radius 2 is 1.95 bits per heavy atom. The van der Waals surface area contributed by atoms with Crippen LogP contribution in [0.25, 0.3) is 0 Å². The number of thiophene rings is 1. The number of halogens is 1. The lowest BCUT2D eigenvalue weighted by Gasteiger charge is -2.14. The fourth-order valence-electron chi connectivity index (χ4n) is 1.88. The topological polar surface area (TPSA) is 58.2 Å². The van der Waals surface area contributed by atoms with Crippen LogP contribution in [0.5, 0.6) is 0 Å². The summed E-state index contributed by atoms with van der Waals surface area (Å²) in [4.78, 5) is 1.49. The van der Waals surface area contributed by atoms with Gasteiger partial charge in [-0.25, -0.2) is 13.1 Å². The van der Waals surface area contributed by atoms with E-state index in [9.17, 15) is 8.42 Å². The van der Waals surface area contributed by atoms with Crippen molar-refractivity contribution in [3.05, 3.63) is 45.1 Å². The van der Waals surface area contributed by atoms with Crippen LogP contribution in [0.3, 0.4) is 0 Å². The maximum Gasteiger partial charge on any atom is 0.240 e. The molecule has 7 heteroatoms. The predicted octanol–water partition coefficient (Wildman–Crippen LogP) is 3.98. The van der Waals surface area contributed by atoms with Crippen molar-refractivity contribution in [2.45, 2.75) is 24.8 Å². The van der Waals surface area contributed by atoms with Gasteiger partial charge in [-0.15, -0.1) is 11.3 Å². The fourth-order valence-corrected chi connectivity index (χ4v) is 4.37. The number of hydrogen-bond acceptors (Lipinski definition) is 4. The molecule has 0 saturated heterocycles. The van der Waals surface area contributed by atoms with Gasteiger partial charge in [-0.1, -0.05) is 6.92 Å². The van der Waals surface area contributed by atoms with Crippen LogP contribution in [0, 0.1) is 0 Å². The number of hydrogen-bond donors (Lipinski definition) is 2. The Bertz CT molecular complexity index is 696. The standard InChI is InChI=1S/C14H17BrN2O2S2/c1-3-16-21(18,19)13-6-4-12(5-7-13)17-10(2)14-8-11(15)9-20-14/h4-10,16-17H,3H2,1-2H3. The van der Waals surface area contributed by atoms with E-state index in [2.05, 4.69) is 39.0 Å². The highest BCUT2D eigenvalue weighted by atomic mass is 79.9. The Balaban J connectivity index is 2.09. The summed E-state index contributed by atoms with van der Waals surface area (Å²) in [6.07, 6.45) is 0. The van der Waals surface area contributed by atoms with E-state index in [1.165, 1.54) is 4.88 Å². The van der Waals surface area contributed by atoms with E-state index in [1.807, 2.05) is 5.38 Å². The van der Waals surface area contributed by atoms with Gasteiger partial charge in [-0.2, -0.15) is 0 Å². The lowest BCUT2D eigenvalue weighted by molar-refractivity contribution is 0.584. The fraction of sp³-hybridized carbons (Fsp3) is 0.286. The van der Waals surface area contributed by atoms with Crippen molar-refractivity contribution in [2.24, 2.45) is 0 Å². The van der Waals surface area contributed by atoms with Crippen LogP contribution in [0.2, 0.25) is 0 Å². The minimum absolute atomic E-state index is 0.164. The highest BCUT2D eigenvalue weighted by Gasteiger charge is 2.13. The van der Waals surface area contributed by atoms with Crippen molar-refractivity contribution in [1.82, 2.24) is 4.72 Å². The summed E-state index contributed by atoms with van der Waals surface area (Å²) >= 11 is 5.12. The van der Waals surface area contributed by atoms with Gasteiger partial charge in [0.15, 0.2) is 0 Å². The zero-order valence-electron chi connectivity index (χ0n) is 11.8. The van der Waals surface area contributed by atoms with Crippen molar-refractivity contribution in [3.63, 3.8) is 0 Å². The minimum atomic E-state index is -3.39. The molecule has 1 unspecified atom stereocenters. The third-order valence-corrected chi connectivity index (χ3v) is 6.33. The van der Waals surface area contributed by atoms with Crippen molar-refractivity contribution >= 4 is 43.0 Å². The van der Waals surface area contributed by atoms with Crippen molar-refractivity contribution < 1.29 is 8.42 Å². The SMILES string of the molecule is CCNS(=O)(=O)c1ccc(NC(C)c2cc(Br)cs2)cc1. The monoisotopic (exact) mass is 388 g/mol. The summed E-state index contributed by atoms with van der Waals surface area (Å²) in [7, 11) is -3.39. The number of anilines is 1. The van der Waals surface area contributed by atoms with Crippen molar-refractivity contribution in [2.75, 3.05) is 11.9 Å². The van der Waals surface area contributed by atoms with Crippen LogP contribution in [0.15, 0.2) is 45.1 Å². The Hall–Kier alpha value is -0.890. The molecule has 1 heterocycles. The first-order valence-electron chi connectivity index (χ1n) is 6.52. The molecule has 21 heavy (non-hydrogen) atoms. The smallest absolute Gasteiger partial charge is 0.240 e. The highest BCUT2D eigenvalue weighted by Crippen LogP contribution is 2.28. The van der Waals surface area contributed by atoms with E-state index in [1.54, 1.807) is 42.5 Å². The van der Waals surface area contributed by atoms with Crippen molar-refractivity contribution in [1.29, 1.82) is 0 Å². The molecule has 1 aromatic heterocycles. The molecule has 0 fully saturated rings. The van der Waals surface area contributed by atoms with E-state index in [-0.39, 0.29) is 10.9 Å². The van der Waals surface area contributed by atoms with Gasteiger partial charge in [0.05, 0.1) is 10.9 Å². The van der Waals surface area contributed by atoms with Crippen LogP contribution < -0.4 is 10.0 Å². The summed E-state index contributed by atoms with van der Waals surface area (Å²) in [5, 5.41) is 5.40. The van der Waals surface area contributed by atoms with Crippen LogP contribution in [0.4, 0.5) is 5.69 Å². The minimum Gasteiger partial charge on any atom is -0.378 e. The average Bonchev–Trinajstić information content (AvgIpc) is 2.86. The van der Waals surface area contributed by atoms with Crippen LogP contribution in [0.1, 0.15) is 24.8 Å². The quantitative estimate of drug-likeness (QED) is 0.786. The average molecular weight is 389 g/mol. The van der Waals surface area contributed by atoms with Gasteiger partial charge < -0.3 is 5.32 Å². The summed E-state index contributed by atoms with van der Waals surface area (Å²) in [5.41, 5.74) is 0.891. The summed E-state index contributed by atoms with van der Waals surface area (Å²) in [6.45, 7) is 4.21. The third-order valence-electron chi connectivity index (χ3n) is 2.90. The molecular formula is C14H17BrN2O2S2. The molecule has 0 aliphatic rings. The second kappa shape index (κ2) is 6.91. The maximum atomic E-state index is 11.9. The predicted molar refractivity (Wildman–Crippen MR) is 91.4 cm³/mol. The van der Waals surface area contributed by atoms with E-state index in [4.69, 9.17) is 0 Å². The highest BCUT2D eigenvalue weighted by molar-refractivity contribution is 9.10. The lowest BCUT2D eigenvalue weighted by atomic mass is 10.2. The Morgan fingerprint density at radius 3 is 2.48 bits per heavy atom. The first kappa shape index (κ1) is 16.5. The number of benzene rings is 1. The Labute approximate surface area is 137 Å². The molecule has 0 bridgehead atoms. The Morgan fingerprint density at radius 1 is 1.29 bits per heavy atom. The van der Waals surface area contributed by atoms with Gasteiger partial charge >= 0.3 is 0 Å². The molecule has 0 spiro atoms. The van der Waals surface area contributed by atoms with E-state index >= 15 is 0 Å². The molecule has 2 rings (SSSR count). The number of rotatable bonds is 6. The van der Waals surface area contributed by atoms with Gasteiger partial charge in [-0.3, -0.25) is 0 Å². The van der Waals surface area contributed by atoms with Crippen molar-refractivity contribution in [3.8, 4) is 0 Å². The summed E-state index contributed by atoms with van der Waals surface area (Å²) < 4.78 is 27.3. The molecule has 2 aromatic rings. The third kappa shape index (κ3) is 4.29. The second-order valence-corrected chi connectivity index (χ2v) is 8.18. The molecule has 114 valence electrons. The molecule has 0 amide bonds. The molecule has 1 aromatic carbocycles. The van der Waals surface area contributed by atoms with Gasteiger partial charge in [0, 0.05) is 27.0 Å². The van der Waals surface area contributed by atoms with Gasteiger partial charge in [0.1, 0.15) is 0 Å². The molecular weight excluding hydrogens is 372 g/mol. The van der Waals surface area contributed by atoms with Crippen LogP contribution in [-0.2, 0) is 10.0 Å². The molecule has 1 atom stereocenters. The second-order valence-electron chi connectivity index (χ2n) is 4.56. The van der Waals surface area contributed by atoms with Crippen LogP contribution in [-0.4, -0.2) is 15.0 Å². The largest absolute Gasteiger partial charge is 0.378 e. The van der Waals surface area contributed by atoms with Gasteiger partial charge in [-0.05, 0) is 53.2 Å². The summed E-state index contributed by atoms with van der Waals surface area (Å²) in [5.74, 6) is 0. The van der Waals surface area contributed by atoms with Gasteiger partial charge in [0.25, 0.3) is 0 Å². The zero-order valence-corrected chi connectivity index (χ0v) is 15.0. The first-order valence-corrected chi connectivity index (χ1v) is 9.68. The van der Waals surface area contributed by atoms with E-state index < -0.39 is 10.0 Å². The van der Waals surface area contributed by atoms with Crippen LogP contribution >= 0.6 is 27.3 Å². The molecule has 0 aliphatic carbocycles. The Kier molecular flexibility index (Phi) is 5.43. The normalized spacial score (nSPS) is 13.1. The maximum absolute atomic E-state index is 11.9. The molecule has 0 saturated carbocycles. The molecule has 4 nitrogen and oxygen atoms in total. The van der Waals surface area contributed by atoms with E-state index in [0.717, 1.165) is 10.2 Å².